The number of hydrogen-bond donors (Lipinski definition) is 1. The third kappa shape index (κ3) is 1.26. The van der Waals surface area contributed by atoms with Crippen LogP contribution in [0.5, 0.6) is 0 Å². The smallest absolute Gasteiger partial charge is 0.305 e. The van der Waals surface area contributed by atoms with Crippen LogP contribution in [0.2, 0.25) is 0 Å². The van der Waals surface area contributed by atoms with Crippen molar-refractivity contribution in [1.82, 2.24) is 0 Å². The summed E-state index contributed by atoms with van der Waals surface area (Å²) >= 11 is 0. The molecule has 1 aromatic rings. The van der Waals surface area contributed by atoms with Crippen molar-refractivity contribution in [3.63, 3.8) is 0 Å². The summed E-state index contributed by atoms with van der Waals surface area (Å²) < 4.78 is 13.2. The van der Waals surface area contributed by atoms with Gasteiger partial charge in [0, 0.05) is 12.1 Å². The van der Waals surface area contributed by atoms with Crippen LogP contribution >= 0.6 is 0 Å². The highest BCUT2D eigenvalue weighted by molar-refractivity contribution is 5.44. The molecule has 14 heavy (non-hydrogen) atoms. The summed E-state index contributed by atoms with van der Waals surface area (Å²) in [6, 6.07) is 2.29. The van der Waals surface area contributed by atoms with E-state index in [-0.39, 0.29) is 6.04 Å². The van der Waals surface area contributed by atoms with Crippen molar-refractivity contribution in [3.05, 3.63) is 39.2 Å². The van der Waals surface area contributed by atoms with Crippen LogP contribution in [0.3, 0.4) is 0 Å². The molecule has 0 fully saturated rings. The summed E-state index contributed by atoms with van der Waals surface area (Å²) in [5, 5.41) is 10.4. The van der Waals surface area contributed by atoms with Gasteiger partial charge in [-0.1, -0.05) is 0 Å². The second-order valence-electron chi connectivity index (χ2n) is 3.40. The quantitative estimate of drug-likeness (QED) is 0.548. The molecule has 1 unspecified atom stereocenters. The highest BCUT2D eigenvalue weighted by atomic mass is 19.1. The van der Waals surface area contributed by atoms with Gasteiger partial charge in [-0.25, -0.2) is 0 Å². The van der Waals surface area contributed by atoms with E-state index in [1.807, 2.05) is 0 Å². The molecular formula is C9H9FN2O2. The van der Waals surface area contributed by atoms with Gasteiger partial charge < -0.3 is 5.73 Å². The van der Waals surface area contributed by atoms with Gasteiger partial charge in [-0.3, -0.25) is 10.1 Å². The lowest BCUT2D eigenvalue weighted by Crippen LogP contribution is -2.06. The van der Waals surface area contributed by atoms with Gasteiger partial charge in [0.25, 0.3) is 0 Å². The summed E-state index contributed by atoms with van der Waals surface area (Å²) in [7, 11) is 0. The van der Waals surface area contributed by atoms with Crippen LogP contribution in [0.1, 0.15) is 23.6 Å². The zero-order valence-corrected chi connectivity index (χ0v) is 7.37. The van der Waals surface area contributed by atoms with Crippen molar-refractivity contribution >= 4 is 5.69 Å². The third-order valence-corrected chi connectivity index (χ3v) is 2.53. The zero-order chi connectivity index (χ0) is 10.3. The molecule has 2 N–H and O–H groups in total. The fourth-order valence-electron chi connectivity index (χ4n) is 1.79. The first-order valence-corrected chi connectivity index (χ1v) is 4.32. The predicted molar refractivity (Wildman–Crippen MR) is 48.3 cm³/mol. The van der Waals surface area contributed by atoms with E-state index < -0.39 is 16.4 Å². The molecule has 0 radical (unpaired) electrons. The summed E-state index contributed by atoms with van der Waals surface area (Å²) in [6.45, 7) is 0. The van der Waals surface area contributed by atoms with Crippen LogP contribution in [0, 0.1) is 15.9 Å². The highest BCUT2D eigenvalue weighted by Crippen LogP contribution is 2.33. The Balaban J connectivity index is 2.55. The van der Waals surface area contributed by atoms with Gasteiger partial charge in [0.1, 0.15) is 0 Å². The minimum absolute atomic E-state index is 0.180. The first kappa shape index (κ1) is 9.08. The van der Waals surface area contributed by atoms with E-state index in [1.54, 1.807) is 0 Å². The number of hydrogen-bond acceptors (Lipinski definition) is 3. The largest absolute Gasteiger partial charge is 0.324 e. The maximum Gasteiger partial charge on any atom is 0.305 e. The third-order valence-electron chi connectivity index (χ3n) is 2.53. The lowest BCUT2D eigenvalue weighted by atomic mass is 10.1. The van der Waals surface area contributed by atoms with Crippen LogP contribution in [0.25, 0.3) is 0 Å². The number of nitrogens with two attached hydrogens (primary N) is 1. The number of nitro groups is 1. The van der Waals surface area contributed by atoms with E-state index in [4.69, 9.17) is 5.73 Å². The number of aryl methyl sites for hydroxylation is 1. The Bertz CT molecular complexity index is 406. The Labute approximate surface area is 79.7 Å². The number of fused-ring (bicyclic) bond motifs is 1. The predicted octanol–water partition coefficient (Wildman–Crippen LogP) is 1.68. The van der Waals surface area contributed by atoms with Crippen LogP contribution in [0.15, 0.2) is 12.1 Å². The average molecular weight is 196 g/mol. The summed E-state index contributed by atoms with van der Waals surface area (Å²) in [5.41, 5.74) is 6.74. The van der Waals surface area contributed by atoms with E-state index in [9.17, 15) is 14.5 Å². The molecule has 1 atom stereocenters. The topological polar surface area (TPSA) is 69.2 Å². The number of benzene rings is 1. The van der Waals surface area contributed by atoms with Crippen LogP contribution < -0.4 is 5.73 Å². The maximum atomic E-state index is 13.2. The first-order valence-electron chi connectivity index (χ1n) is 4.32. The lowest BCUT2D eigenvalue weighted by molar-refractivity contribution is -0.387. The van der Waals surface area contributed by atoms with Gasteiger partial charge in [0.15, 0.2) is 0 Å². The van der Waals surface area contributed by atoms with Gasteiger partial charge in [-0.15, -0.1) is 0 Å². The number of nitro benzene ring substituents is 1. The van der Waals surface area contributed by atoms with E-state index in [0.717, 1.165) is 12.0 Å². The monoisotopic (exact) mass is 196 g/mol. The number of nitrogens with zero attached hydrogens (tertiary/aromatic N) is 1. The highest BCUT2D eigenvalue weighted by Gasteiger charge is 2.25. The first-order chi connectivity index (χ1) is 6.59. The van der Waals surface area contributed by atoms with Crippen molar-refractivity contribution in [2.24, 2.45) is 5.73 Å². The fourth-order valence-corrected chi connectivity index (χ4v) is 1.79. The van der Waals surface area contributed by atoms with E-state index in [1.165, 1.54) is 12.1 Å². The van der Waals surface area contributed by atoms with Crippen LogP contribution in [0.4, 0.5) is 10.1 Å². The molecule has 1 aromatic carbocycles. The molecule has 4 nitrogen and oxygen atoms in total. The standard InChI is InChI=1S/C9H9FN2O2/c10-7-4-6-5(1-2-8(6)11)3-9(7)12(13)14/h3-4,8H,1-2,11H2. The molecule has 0 amide bonds. The van der Waals surface area contributed by atoms with E-state index >= 15 is 0 Å². The number of halogens is 1. The summed E-state index contributed by atoms with van der Waals surface area (Å²) in [4.78, 5) is 9.73. The molecular weight excluding hydrogens is 187 g/mol. The van der Waals surface area contributed by atoms with Gasteiger partial charge >= 0.3 is 5.69 Å². The summed E-state index contributed by atoms with van der Waals surface area (Å²) in [6.07, 6.45) is 1.42. The van der Waals surface area contributed by atoms with Gasteiger partial charge in [-0.05, 0) is 30.0 Å². The molecule has 5 heteroatoms. The van der Waals surface area contributed by atoms with Crippen molar-refractivity contribution in [2.75, 3.05) is 0 Å². The molecule has 0 spiro atoms. The Morgan fingerprint density at radius 2 is 2.29 bits per heavy atom. The second kappa shape index (κ2) is 3.02. The molecule has 0 aliphatic heterocycles. The molecule has 74 valence electrons. The van der Waals surface area contributed by atoms with Crippen molar-refractivity contribution in [2.45, 2.75) is 18.9 Å². The van der Waals surface area contributed by atoms with Crippen molar-refractivity contribution in [1.29, 1.82) is 0 Å². The Morgan fingerprint density at radius 1 is 1.57 bits per heavy atom. The van der Waals surface area contributed by atoms with E-state index in [0.29, 0.717) is 12.0 Å². The maximum absolute atomic E-state index is 13.2. The van der Waals surface area contributed by atoms with Crippen molar-refractivity contribution in [3.8, 4) is 0 Å². The van der Waals surface area contributed by atoms with Gasteiger partial charge in [-0.2, -0.15) is 4.39 Å². The Hall–Kier alpha value is -1.49. The van der Waals surface area contributed by atoms with E-state index in [2.05, 4.69) is 0 Å². The van der Waals surface area contributed by atoms with Gasteiger partial charge in [0.2, 0.25) is 5.82 Å². The summed E-state index contributed by atoms with van der Waals surface area (Å²) in [5.74, 6) is -0.800. The minimum atomic E-state index is -0.800. The SMILES string of the molecule is NC1CCc2cc([N+](=O)[O-])c(F)cc21. The molecule has 1 aliphatic rings. The Morgan fingerprint density at radius 3 is 2.93 bits per heavy atom. The molecule has 0 saturated carbocycles. The molecule has 1 aliphatic carbocycles. The fraction of sp³-hybridized carbons (Fsp3) is 0.333. The molecule has 2 rings (SSSR count). The van der Waals surface area contributed by atoms with Crippen molar-refractivity contribution < 1.29 is 9.31 Å². The average Bonchev–Trinajstić information content (AvgIpc) is 2.46. The molecule has 0 aromatic heterocycles. The van der Waals surface area contributed by atoms with Gasteiger partial charge in [0.05, 0.1) is 4.92 Å². The zero-order valence-electron chi connectivity index (χ0n) is 7.37. The lowest BCUT2D eigenvalue weighted by Gasteiger charge is -2.04. The molecule has 0 saturated heterocycles. The van der Waals surface area contributed by atoms with Crippen LogP contribution in [-0.4, -0.2) is 4.92 Å². The minimum Gasteiger partial charge on any atom is -0.324 e. The number of rotatable bonds is 1. The second-order valence-corrected chi connectivity index (χ2v) is 3.40. The van der Waals surface area contributed by atoms with Crippen LogP contribution in [-0.2, 0) is 6.42 Å². The molecule has 0 bridgehead atoms. The normalized spacial score (nSPS) is 19.4. The Kier molecular flexibility index (Phi) is 1.96. The molecule has 0 heterocycles.